The molecule has 0 bridgehead atoms. The van der Waals surface area contributed by atoms with Crippen molar-refractivity contribution < 1.29 is 9.28 Å². The number of benzene rings is 1. The van der Waals surface area contributed by atoms with Crippen molar-refractivity contribution in [1.29, 1.82) is 0 Å². The van der Waals surface area contributed by atoms with Gasteiger partial charge in [-0.25, -0.2) is 0 Å². The zero-order valence-corrected chi connectivity index (χ0v) is 15.8. The minimum Gasteiger partial charge on any atom is -0.318 e. The van der Waals surface area contributed by atoms with E-state index in [1.807, 2.05) is 37.9 Å². The maximum absolute atomic E-state index is 13.1. The van der Waals surface area contributed by atoms with Crippen LogP contribution in [-0.2, 0) is 4.79 Å². The minimum absolute atomic E-state index is 0.0190. The lowest BCUT2D eigenvalue weighted by atomic mass is 10.0. The normalized spacial score (nSPS) is 13.1. The summed E-state index contributed by atoms with van der Waals surface area (Å²) in [5, 5.41) is 0.717. The fourth-order valence-corrected chi connectivity index (χ4v) is 3.36. The Morgan fingerprint density at radius 2 is 1.73 bits per heavy atom. The van der Waals surface area contributed by atoms with Gasteiger partial charge in [0.05, 0.1) is 20.6 Å². The first-order valence-electron chi connectivity index (χ1n) is 8.02. The van der Waals surface area contributed by atoms with Gasteiger partial charge in [0.25, 0.3) is 5.91 Å². The van der Waals surface area contributed by atoms with Gasteiger partial charge in [-0.15, -0.1) is 0 Å². The second kappa shape index (κ2) is 7.47. The van der Waals surface area contributed by atoms with Crippen LogP contribution in [0.5, 0.6) is 0 Å². The van der Waals surface area contributed by atoms with Crippen LogP contribution in [0.1, 0.15) is 37.8 Å². The number of amides is 1. The monoisotopic (exact) mass is 325 g/mol. The third-order valence-electron chi connectivity index (χ3n) is 4.63. The Balaban J connectivity index is 3.20. The fourth-order valence-electron chi connectivity index (χ4n) is 3.03. The molecule has 4 heteroatoms. The van der Waals surface area contributed by atoms with Crippen LogP contribution in [0.2, 0.25) is 5.02 Å². The molecule has 124 valence electrons. The number of rotatable bonds is 6. The molecule has 0 aliphatic rings. The smallest absolute Gasteiger partial charge is 0.285 e. The third-order valence-corrected chi connectivity index (χ3v) is 4.85. The highest BCUT2D eigenvalue weighted by molar-refractivity contribution is 6.30. The number of likely N-dealkylation sites (N-methyl/N-ethyl adjacent to an activating group) is 2. The summed E-state index contributed by atoms with van der Waals surface area (Å²) in [5.41, 5.74) is 3.06. The Bertz CT molecular complexity index is 517. The first kappa shape index (κ1) is 19.0. The van der Waals surface area contributed by atoms with Crippen molar-refractivity contribution in [3.8, 4) is 0 Å². The van der Waals surface area contributed by atoms with E-state index in [4.69, 9.17) is 11.6 Å². The molecule has 0 saturated heterocycles. The molecule has 0 aliphatic heterocycles. The summed E-state index contributed by atoms with van der Waals surface area (Å²) in [5.74, 6) is 0.183. The average Bonchev–Trinajstić information content (AvgIpc) is 2.42. The van der Waals surface area contributed by atoms with Crippen molar-refractivity contribution in [1.82, 2.24) is 0 Å². The highest BCUT2D eigenvalue weighted by Gasteiger charge is 2.35. The number of hydrogen-bond acceptors (Lipinski definition) is 1. The van der Waals surface area contributed by atoms with Crippen LogP contribution in [-0.4, -0.2) is 44.1 Å². The van der Waals surface area contributed by atoms with Crippen LogP contribution in [0.25, 0.3) is 0 Å². The van der Waals surface area contributed by atoms with E-state index in [1.165, 1.54) is 0 Å². The van der Waals surface area contributed by atoms with E-state index >= 15 is 0 Å². The summed E-state index contributed by atoms with van der Waals surface area (Å²) in [6.45, 7) is 9.21. The lowest BCUT2D eigenvalue weighted by molar-refractivity contribution is -0.904. The van der Waals surface area contributed by atoms with Gasteiger partial charge >= 0.3 is 0 Å². The second-order valence-electron chi connectivity index (χ2n) is 6.68. The lowest BCUT2D eigenvalue weighted by Gasteiger charge is -2.38. The molecule has 0 saturated carbocycles. The summed E-state index contributed by atoms with van der Waals surface area (Å²) in [6.07, 6.45) is 1.90. The number of quaternary nitrogens is 1. The molecule has 1 unspecified atom stereocenters. The molecule has 0 aliphatic carbocycles. The molecule has 1 aromatic rings. The van der Waals surface area contributed by atoms with Gasteiger partial charge in [-0.2, -0.15) is 0 Å². The van der Waals surface area contributed by atoms with Gasteiger partial charge in [0.15, 0.2) is 6.04 Å². The predicted molar refractivity (Wildman–Crippen MR) is 95.7 cm³/mol. The Hall–Kier alpha value is -1.06. The number of carbonyl (C=O) groups is 1. The second-order valence-corrected chi connectivity index (χ2v) is 7.12. The molecule has 0 radical (unpaired) electrons. The summed E-state index contributed by atoms with van der Waals surface area (Å²) in [4.78, 5) is 14.9. The van der Waals surface area contributed by atoms with E-state index in [1.54, 1.807) is 0 Å². The standard InChI is InChI=1S/C18H30ClN2O/c1-8-10-16(21(6,7)9-2)18(22)20(5)17-13(3)11-15(19)12-14(17)4/h11-12,16H,8-10H2,1-7H3/q+1. The van der Waals surface area contributed by atoms with Gasteiger partial charge < -0.3 is 9.38 Å². The minimum atomic E-state index is -0.0190. The average molecular weight is 326 g/mol. The maximum atomic E-state index is 13.1. The van der Waals surface area contributed by atoms with Crippen LogP contribution in [0.15, 0.2) is 12.1 Å². The zero-order valence-electron chi connectivity index (χ0n) is 15.0. The molecule has 0 spiro atoms. The number of aryl methyl sites for hydroxylation is 2. The molecule has 0 N–H and O–H groups in total. The predicted octanol–water partition coefficient (Wildman–Crippen LogP) is 4.18. The topological polar surface area (TPSA) is 20.3 Å². The molecule has 1 atom stereocenters. The first-order chi connectivity index (χ1) is 10.2. The van der Waals surface area contributed by atoms with E-state index in [2.05, 4.69) is 27.9 Å². The van der Waals surface area contributed by atoms with Gasteiger partial charge in [-0.05, 0) is 50.5 Å². The Morgan fingerprint density at radius 1 is 1.23 bits per heavy atom. The number of nitrogens with zero attached hydrogens (tertiary/aromatic N) is 2. The molecule has 3 nitrogen and oxygen atoms in total. The third kappa shape index (κ3) is 4.02. The fraction of sp³-hybridized carbons (Fsp3) is 0.611. The van der Waals surface area contributed by atoms with E-state index in [-0.39, 0.29) is 11.9 Å². The zero-order chi connectivity index (χ0) is 17.1. The van der Waals surface area contributed by atoms with Crippen molar-refractivity contribution in [2.75, 3.05) is 32.6 Å². The van der Waals surface area contributed by atoms with Crippen LogP contribution in [0.4, 0.5) is 5.69 Å². The summed E-state index contributed by atoms with van der Waals surface area (Å²) in [7, 11) is 6.14. The number of halogens is 1. The Kier molecular flexibility index (Phi) is 6.45. The van der Waals surface area contributed by atoms with Crippen LogP contribution >= 0.6 is 11.6 Å². The quantitative estimate of drug-likeness (QED) is 0.718. The summed E-state index contributed by atoms with van der Waals surface area (Å²) in [6, 6.07) is 3.82. The molecule has 0 heterocycles. The van der Waals surface area contributed by atoms with Crippen molar-refractivity contribution in [3.63, 3.8) is 0 Å². The van der Waals surface area contributed by atoms with Crippen molar-refractivity contribution >= 4 is 23.2 Å². The van der Waals surface area contributed by atoms with Crippen molar-refractivity contribution in [3.05, 3.63) is 28.3 Å². The molecule has 1 aromatic carbocycles. The molecule has 0 aromatic heterocycles. The molecule has 1 rings (SSSR count). The van der Waals surface area contributed by atoms with Gasteiger partial charge in [-0.1, -0.05) is 18.5 Å². The SMILES string of the molecule is CCCC(C(=O)N(C)c1c(C)cc(Cl)cc1C)[N+](C)(C)CC. The first-order valence-corrected chi connectivity index (χ1v) is 8.40. The van der Waals surface area contributed by atoms with Crippen LogP contribution in [0.3, 0.4) is 0 Å². The highest BCUT2D eigenvalue weighted by Crippen LogP contribution is 2.29. The number of carbonyl (C=O) groups excluding carboxylic acids is 1. The molecule has 1 amide bonds. The van der Waals surface area contributed by atoms with Crippen molar-refractivity contribution in [2.24, 2.45) is 0 Å². The largest absolute Gasteiger partial charge is 0.318 e. The number of hydrogen-bond donors (Lipinski definition) is 0. The van der Waals surface area contributed by atoms with Crippen molar-refractivity contribution in [2.45, 2.75) is 46.6 Å². The Morgan fingerprint density at radius 3 is 2.14 bits per heavy atom. The van der Waals surface area contributed by atoms with E-state index in [0.717, 1.165) is 41.2 Å². The van der Waals surface area contributed by atoms with E-state index in [9.17, 15) is 4.79 Å². The van der Waals surface area contributed by atoms with Gasteiger partial charge in [0, 0.05) is 24.2 Å². The van der Waals surface area contributed by atoms with Crippen LogP contribution < -0.4 is 4.90 Å². The van der Waals surface area contributed by atoms with E-state index in [0.29, 0.717) is 4.48 Å². The summed E-state index contributed by atoms with van der Waals surface area (Å²) < 4.78 is 0.711. The van der Waals surface area contributed by atoms with Gasteiger partial charge in [0.1, 0.15) is 0 Å². The molecule has 0 fully saturated rings. The Labute approximate surface area is 140 Å². The van der Waals surface area contributed by atoms with Gasteiger partial charge in [0.2, 0.25) is 0 Å². The van der Waals surface area contributed by atoms with Gasteiger partial charge in [-0.3, -0.25) is 4.79 Å². The lowest BCUT2D eigenvalue weighted by Crippen LogP contribution is -2.56. The van der Waals surface area contributed by atoms with Crippen LogP contribution in [0, 0.1) is 13.8 Å². The number of anilines is 1. The molecular weight excluding hydrogens is 296 g/mol. The molecular formula is C18H30ClN2O+. The maximum Gasteiger partial charge on any atom is 0.285 e. The summed E-state index contributed by atoms with van der Waals surface area (Å²) >= 11 is 6.11. The molecule has 22 heavy (non-hydrogen) atoms. The van der Waals surface area contributed by atoms with E-state index < -0.39 is 0 Å². The highest BCUT2D eigenvalue weighted by atomic mass is 35.5.